The number of H-pyrrole nitrogens is 1. The van der Waals surface area contributed by atoms with Gasteiger partial charge in [-0.05, 0) is 95.1 Å². The number of nitrogens with one attached hydrogen (secondary N) is 1. The summed E-state index contributed by atoms with van der Waals surface area (Å²) in [6.07, 6.45) is 10.5. The Morgan fingerprint density at radius 1 is 0.533 bits per heavy atom. The molecule has 0 radical (unpaired) electrons. The van der Waals surface area contributed by atoms with Gasteiger partial charge in [0.2, 0.25) is 17.6 Å². The number of carbonyl (C=O) groups excluding carboxylic acids is 2. The zero-order valence-electron chi connectivity index (χ0n) is 54.1. The Balaban J connectivity index is 0.000000220. The van der Waals surface area contributed by atoms with E-state index in [1.54, 1.807) is 41.1 Å². The number of rotatable bonds is 28. The Kier molecular flexibility index (Phi) is 28.1. The molecular formula is C62H92N14O16. The third-order valence-electron chi connectivity index (χ3n) is 16.1. The molecule has 0 saturated carbocycles. The van der Waals surface area contributed by atoms with Gasteiger partial charge in [0.25, 0.3) is 5.56 Å². The maximum atomic E-state index is 12.6. The van der Waals surface area contributed by atoms with E-state index in [2.05, 4.69) is 29.6 Å². The second-order valence-electron chi connectivity index (χ2n) is 22.1. The SMILES string of the molecule is COc1cc(C(=O)OCCCN2CCCN(CCCOC(=O)c3cc(OC)c(OC)c(OC)c3)CC2)cc(CO)c1OC.Cn1c(=O)c2[nH]cnc2n(C)c1=O.OCCN(CCO)c1nc(N2CCCCC2)c2nc(N(CCO)CCO)nc(N3CCCCC3)c2n1. The first-order valence-electron chi connectivity index (χ1n) is 31.3. The molecule has 0 spiro atoms. The van der Waals surface area contributed by atoms with Crippen molar-refractivity contribution in [3.63, 3.8) is 0 Å². The highest BCUT2D eigenvalue weighted by Crippen LogP contribution is 2.39. The van der Waals surface area contributed by atoms with Gasteiger partial charge < -0.3 is 93.1 Å². The van der Waals surface area contributed by atoms with Crippen LogP contribution in [0.2, 0.25) is 0 Å². The number of methoxy groups -OCH3 is 5. The second-order valence-corrected chi connectivity index (χ2v) is 22.1. The van der Waals surface area contributed by atoms with Crippen molar-refractivity contribution in [3.8, 4) is 28.7 Å². The number of esters is 2. The molecule has 3 aliphatic heterocycles. The molecule has 0 aliphatic carbocycles. The number of aromatic amines is 1. The lowest BCUT2D eigenvalue weighted by molar-refractivity contribution is 0.0475. The lowest BCUT2D eigenvalue weighted by atomic mass is 10.1. The number of hydrogen-bond acceptors (Lipinski definition) is 27. The molecule has 0 unspecified atom stereocenters. The minimum Gasteiger partial charge on any atom is -0.493 e. The third kappa shape index (κ3) is 18.3. The Morgan fingerprint density at radius 3 is 1.38 bits per heavy atom. The molecular weight excluding hydrogens is 1200 g/mol. The van der Waals surface area contributed by atoms with Gasteiger partial charge in [-0.15, -0.1) is 0 Å². The van der Waals surface area contributed by atoms with E-state index in [1.165, 1.54) is 66.3 Å². The van der Waals surface area contributed by atoms with Crippen LogP contribution >= 0.6 is 0 Å². The molecule has 2 aromatic carbocycles. The van der Waals surface area contributed by atoms with Gasteiger partial charge in [-0.25, -0.2) is 29.3 Å². The molecule has 0 bridgehead atoms. The van der Waals surface area contributed by atoms with E-state index in [4.69, 9.17) is 53.1 Å². The maximum absolute atomic E-state index is 12.6. The van der Waals surface area contributed by atoms with Crippen LogP contribution < -0.4 is 54.5 Å². The minimum absolute atomic E-state index is 0.0772. The van der Waals surface area contributed by atoms with Crippen molar-refractivity contribution in [1.29, 1.82) is 0 Å². The highest BCUT2D eigenvalue weighted by molar-refractivity contribution is 5.95. The summed E-state index contributed by atoms with van der Waals surface area (Å²) in [4.78, 5) is 87.1. The van der Waals surface area contributed by atoms with Crippen molar-refractivity contribution >= 4 is 57.7 Å². The van der Waals surface area contributed by atoms with E-state index in [0.29, 0.717) is 125 Å². The number of aromatic nitrogens is 8. The smallest absolute Gasteiger partial charge is 0.338 e. The van der Waals surface area contributed by atoms with Crippen LogP contribution in [-0.2, 0) is 30.2 Å². The number of aliphatic hydroxyl groups is 5. The molecule has 506 valence electrons. The average Bonchev–Trinajstić information content (AvgIpc) is 0.855. The van der Waals surface area contributed by atoms with Gasteiger partial charge in [0.1, 0.15) is 16.6 Å². The number of aryl methyl sites for hydroxylation is 1. The van der Waals surface area contributed by atoms with E-state index < -0.39 is 11.9 Å². The lowest BCUT2D eigenvalue weighted by Crippen LogP contribution is -2.36. The molecule has 0 atom stereocenters. The fourth-order valence-corrected chi connectivity index (χ4v) is 11.3. The van der Waals surface area contributed by atoms with Gasteiger partial charge in [-0.2, -0.15) is 9.97 Å². The van der Waals surface area contributed by atoms with Crippen LogP contribution in [0, 0.1) is 0 Å². The Morgan fingerprint density at radius 2 is 0.967 bits per heavy atom. The van der Waals surface area contributed by atoms with Crippen LogP contribution in [0.1, 0.15) is 84.1 Å². The minimum atomic E-state index is -0.469. The molecule has 6 aromatic rings. The fourth-order valence-electron chi connectivity index (χ4n) is 11.3. The largest absolute Gasteiger partial charge is 0.493 e. The van der Waals surface area contributed by atoms with Gasteiger partial charge in [0.05, 0.1) is 99.3 Å². The monoisotopic (exact) mass is 1290 g/mol. The lowest BCUT2D eigenvalue weighted by Gasteiger charge is -2.33. The number of benzene rings is 2. The Labute approximate surface area is 534 Å². The summed E-state index contributed by atoms with van der Waals surface area (Å²) in [6.45, 7) is 10.1. The zero-order chi connectivity index (χ0) is 66.1. The zero-order valence-corrected chi connectivity index (χ0v) is 54.1. The Hall–Kier alpha value is -8.13. The molecule has 3 saturated heterocycles. The molecule has 7 heterocycles. The van der Waals surface area contributed by atoms with Crippen molar-refractivity contribution in [3.05, 3.63) is 68.1 Å². The number of anilines is 4. The molecule has 3 aliphatic rings. The normalized spacial score (nSPS) is 14.6. The molecule has 92 heavy (non-hydrogen) atoms. The van der Waals surface area contributed by atoms with E-state index in [1.807, 2.05) is 0 Å². The summed E-state index contributed by atoms with van der Waals surface area (Å²) in [5.74, 6) is 3.42. The van der Waals surface area contributed by atoms with Crippen molar-refractivity contribution in [2.75, 3.05) is 186 Å². The number of hydrogen-bond donors (Lipinski definition) is 6. The highest BCUT2D eigenvalue weighted by atomic mass is 16.5. The van der Waals surface area contributed by atoms with E-state index in [0.717, 1.165) is 120 Å². The Bertz CT molecular complexity index is 3220. The van der Waals surface area contributed by atoms with Crippen LogP contribution in [0.15, 0.2) is 40.2 Å². The molecule has 9 rings (SSSR count). The van der Waals surface area contributed by atoms with Crippen molar-refractivity contribution in [2.45, 2.75) is 64.4 Å². The number of carbonyl (C=O) groups is 2. The molecule has 4 aromatic heterocycles. The fraction of sp³-hybridized carbons (Fsp3) is 0.597. The molecule has 30 nitrogen and oxygen atoms in total. The average molecular weight is 1290 g/mol. The molecule has 6 N–H and O–H groups in total. The van der Waals surface area contributed by atoms with Gasteiger partial charge >= 0.3 is 17.6 Å². The first kappa shape index (κ1) is 71.3. The van der Waals surface area contributed by atoms with Crippen LogP contribution in [0.4, 0.5) is 23.5 Å². The summed E-state index contributed by atoms with van der Waals surface area (Å²) < 4.78 is 39.9. The first-order valence-corrected chi connectivity index (χ1v) is 31.3. The van der Waals surface area contributed by atoms with Gasteiger partial charge in [-0.3, -0.25) is 13.9 Å². The van der Waals surface area contributed by atoms with Crippen LogP contribution in [0.3, 0.4) is 0 Å². The molecule has 0 amide bonds. The number of ether oxygens (including phenoxy) is 7. The first-order chi connectivity index (χ1) is 44.7. The van der Waals surface area contributed by atoms with Gasteiger partial charge in [0.15, 0.2) is 40.3 Å². The van der Waals surface area contributed by atoms with Crippen LogP contribution in [0.25, 0.3) is 22.2 Å². The summed E-state index contributed by atoms with van der Waals surface area (Å²) in [7, 11) is 10.5. The number of imidazole rings is 1. The number of piperidine rings is 2. The van der Waals surface area contributed by atoms with Crippen LogP contribution in [-0.4, -0.2) is 253 Å². The summed E-state index contributed by atoms with van der Waals surface area (Å²) in [5, 5.41) is 48.2. The maximum Gasteiger partial charge on any atom is 0.338 e. The third-order valence-corrected chi connectivity index (χ3v) is 16.1. The highest BCUT2D eigenvalue weighted by Gasteiger charge is 2.28. The quantitative estimate of drug-likeness (QED) is 0.0302. The second kappa shape index (κ2) is 36.2. The van der Waals surface area contributed by atoms with Crippen molar-refractivity contribution in [2.24, 2.45) is 14.1 Å². The van der Waals surface area contributed by atoms with Crippen molar-refractivity contribution in [1.82, 2.24) is 48.8 Å². The predicted octanol–water partition coefficient (Wildman–Crippen LogP) is 1.97. The number of nitrogens with zero attached hydrogens (tertiary/aromatic N) is 13. The summed E-state index contributed by atoms with van der Waals surface area (Å²) >= 11 is 0. The van der Waals surface area contributed by atoms with Gasteiger partial charge in [-0.1, -0.05) is 0 Å². The number of fused-ring (bicyclic) bond motifs is 2. The van der Waals surface area contributed by atoms with E-state index >= 15 is 0 Å². The van der Waals surface area contributed by atoms with E-state index in [9.17, 15) is 44.7 Å². The molecule has 3 fully saturated rings. The predicted molar refractivity (Wildman–Crippen MR) is 345 cm³/mol. The summed E-state index contributed by atoms with van der Waals surface area (Å²) in [6, 6.07) is 6.27. The van der Waals surface area contributed by atoms with Crippen molar-refractivity contribution < 1.29 is 68.3 Å². The number of aliphatic hydroxyl groups excluding tert-OH is 5. The van der Waals surface area contributed by atoms with Gasteiger partial charge in [0, 0.05) is 98.2 Å². The van der Waals surface area contributed by atoms with E-state index in [-0.39, 0.29) is 44.3 Å². The topological polar surface area (TPSA) is 344 Å². The summed E-state index contributed by atoms with van der Waals surface area (Å²) in [5.41, 5.74) is 2.42. The van der Waals surface area contributed by atoms with Crippen LogP contribution in [0.5, 0.6) is 28.7 Å². The standard InChI is InChI=1S/C31H44N2O10.C24H40N8O4.C7H8N4O2/c1-37-25-18-22(17-24(21-34)28(25)40-4)30(35)42-15-7-11-32-9-6-10-33(14-13-32)12-8-16-43-31(36)23-19-26(38-2)29(41-5)27(20-23)39-3;33-15-11-31(12-16-34)23-26-20-19(21(27-23)29-7-3-1-4-8-29)25-24(32(13-17-35)14-18-36)28-22(20)30-9-5-2-6-10-30;1-10-5-4(8-3-9-5)6(12)11(2)7(10)13/h17-20,34H,6-16,21H2,1-5H3;33-36H,1-18H2;3H,1-2H3,(H,8,9). The molecule has 30 heteroatoms.